The van der Waals surface area contributed by atoms with Gasteiger partial charge in [-0.05, 0) is 46.8 Å². The predicted molar refractivity (Wildman–Crippen MR) is 97.8 cm³/mol. The minimum absolute atomic E-state index is 0.00786. The van der Waals surface area contributed by atoms with E-state index in [9.17, 15) is 18.0 Å². The third kappa shape index (κ3) is 4.51. The van der Waals surface area contributed by atoms with Gasteiger partial charge in [-0.25, -0.2) is 13.2 Å². The van der Waals surface area contributed by atoms with E-state index in [1.165, 1.54) is 18.4 Å². The standard InChI is InChI=1S/C17H25N3O5S/c1-11(2)20(12(3)4)16(21)13(5)25-17(22)14-6-7-15-18-26(23,24)9-8-19(15)10-14/h6-7,10-13H,8-9H2,1-5H3. The van der Waals surface area contributed by atoms with Crippen molar-refractivity contribution in [3.63, 3.8) is 0 Å². The summed E-state index contributed by atoms with van der Waals surface area (Å²) in [7, 11) is -3.45. The molecule has 2 heterocycles. The molecule has 0 aromatic heterocycles. The molecular weight excluding hydrogens is 358 g/mol. The van der Waals surface area contributed by atoms with Crippen LogP contribution in [0.1, 0.15) is 34.6 Å². The Morgan fingerprint density at radius 2 is 1.77 bits per heavy atom. The Labute approximate surface area is 154 Å². The molecule has 8 nitrogen and oxygen atoms in total. The van der Waals surface area contributed by atoms with Gasteiger partial charge in [0.05, 0.1) is 11.3 Å². The zero-order chi connectivity index (χ0) is 19.6. The molecule has 1 unspecified atom stereocenters. The Hall–Kier alpha value is -2.16. The first-order valence-electron chi connectivity index (χ1n) is 8.54. The molecule has 0 saturated heterocycles. The second-order valence-electron chi connectivity index (χ2n) is 6.83. The zero-order valence-corrected chi connectivity index (χ0v) is 16.5. The maximum atomic E-state index is 12.6. The average molecular weight is 383 g/mol. The fourth-order valence-corrected chi connectivity index (χ4v) is 3.89. The van der Waals surface area contributed by atoms with Crippen molar-refractivity contribution >= 4 is 27.7 Å². The maximum absolute atomic E-state index is 12.6. The normalized spacial score (nSPS) is 19.6. The average Bonchev–Trinajstić information content (AvgIpc) is 2.52. The van der Waals surface area contributed by atoms with Crippen LogP contribution >= 0.6 is 0 Å². The maximum Gasteiger partial charge on any atom is 0.340 e. The van der Waals surface area contributed by atoms with E-state index >= 15 is 0 Å². The van der Waals surface area contributed by atoms with E-state index in [1.54, 1.807) is 16.7 Å². The number of carbonyl (C=O) groups is 2. The van der Waals surface area contributed by atoms with E-state index < -0.39 is 22.1 Å². The number of nitrogens with zero attached hydrogens (tertiary/aromatic N) is 3. The van der Waals surface area contributed by atoms with Crippen molar-refractivity contribution in [3.05, 3.63) is 23.9 Å². The van der Waals surface area contributed by atoms with Crippen LogP contribution in [-0.4, -0.2) is 66.4 Å². The van der Waals surface area contributed by atoms with Gasteiger partial charge in [-0.1, -0.05) is 0 Å². The Bertz CT molecular complexity index is 772. The molecule has 0 aromatic rings. The summed E-state index contributed by atoms with van der Waals surface area (Å²) in [5.74, 6) is -0.740. The van der Waals surface area contributed by atoms with Crippen LogP contribution < -0.4 is 0 Å². The Kier molecular flexibility index (Phi) is 5.90. The van der Waals surface area contributed by atoms with E-state index in [0.717, 1.165) is 0 Å². The number of amides is 1. The van der Waals surface area contributed by atoms with Crippen molar-refractivity contribution < 1.29 is 22.7 Å². The molecule has 0 aromatic carbocycles. The fourth-order valence-electron chi connectivity index (χ4n) is 2.92. The second-order valence-corrected chi connectivity index (χ2v) is 8.58. The Morgan fingerprint density at radius 1 is 1.15 bits per heavy atom. The Balaban J connectivity index is 2.08. The summed E-state index contributed by atoms with van der Waals surface area (Å²) in [5.41, 5.74) is 0.239. The summed E-state index contributed by atoms with van der Waals surface area (Å²) < 4.78 is 32.0. The quantitative estimate of drug-likeness (QED) is 0.659. The molecule has 2 rings (SSSR count). The summed E-state index contributed by atoms with van der Waals surface area (Å²) in [5, 5.41) is 0. The summed E-state index contributed by atoms with van der Waals surface area (Å²) >= 11 is 0. The molecule has 2 aliphatic rings. The van der Waals surface area contributed by atoms with Gasteiger partial charge >= 0.3 is 5.97 Å². The molecule has 1 amide bonds. The third-order valence-electron chi connectivity index (χ3n) is 4.06. The molecular formula is C17H25N3O5S. The lowest BCUT2D eigenvalue weighted by molar-refractivity contribution is -0.158. The summed E-state index contributed by atoms with van der Waals surface area (Å²) in [6.45, 7) is 9.39. The highest BCUT2D eigenvalue weighted by atomic mass is 32.2. The molecule has 0 bridgehead atoms. The zero-order valence-electron chi connectivity index (χ0n) is 15.7. The Morgan fingerprint density at radius 3 is 2.35 bits per heavy atom. The lowest BCUT2D eigenvalue weighted by Gasteiger charge is -2.33. The first kappa shape index (κ1) is 20.2. The SMILES string of the molecule is CC(OC(=O)C1=CN2CCS(=O)(=O)N=C2C=C1)C(=O)N(C(C)C)C(C)C. The number of carbonyl (C=O) groups excluding carboxylic acids is 2. The number of ether oxygens (including phenoxy) is 1. The molecule has 144 valence electrons. The first-order chi connectivity index (χ1) is 12.0. The highest BCUT2D eigenvalue weighted by molar-refractivity contribution is 7.90. The van der Waals surface area contributed by atoms with Crippen LogP contribution in [0.5, 0.6) is 0 Å². The van der Waals surface area contributed by atoms with Crippen molar-refractivity contribution in [2.45, 2.75) is 52.8 Å². The van der Waals surface area contributed by atoms with Crippen LogP contribution in [0.4, 0.5) is 0 Å². The molecule has 0 fully saturated rings. The van der Waals surface area contributed by atoms with Gasteiger partial charge in [0, 0.05) is 24.8 Å². The molecule has 0 spiro atoms. The van der Waals surface area contributed by atoms with Gasteiger partial charge in [-0.3, -0.25) is 4.79 Å². The molecule has 0 N–H and O–H groups in total. The molecule has 0 saturated carbocycles. The molecule has 0 radical (unpaired) electrons. The lowest BCUT2D eigenvalue weighted by atomic mass is 10.2. The molecule has 2 aliphatic heterocycles. The molecule has 9 heteroatoms. The van der Waals surface area contributed by atoms with E-state index in [1.807, 2.05) is 27.7 Å². The van der Waals surface area contributed by atoms with E-state index in [4.69, 9.17) is 4.74 Å². The first-order valence-corrected chi connectivity index (χ1v) is 10.1. The van der Waals surface area contributed by atoms with Crippen LogP contribution in [0.25, 0.3) is 0 Å². The van der Waals surface area contributed by atoms with E-state index in [-0.39, 0.29) is 41.7 Å². The van der Waals surface area contributed by atoms with E-state index in [0.29, 0.717) is 0 Å². The number of fused-ring (bicyclic) bond motifs is 1. The largest absolute Gasteiger partial charge is 0.449 e. The van der Waals surface area contributed by atoms with Gasteiger partial charge in [-0.2, -0.15) is 0 Å². The van der Waals surface area contributed by atoms with Crippen LogP contribution in [-0.2, 0) is 24.3 Å². The fraction of sp³-hybridized carbons (Fsp3) is 0.588. The van der Waals surface area contributed by atoms with Crippen molar-refractivity contribution in [3.8, 4) is 0 Å². The second kappa shape index (κ2) is 7.61. The molecule has 0 aliphatic carbocycles. The van der Waals surface area contributed by atoms with Gasteiger partial charge in [0.15, 0.2) is 6.10 Å². The number of esters is 1. The van der Waals surface area contributed by atoms with Crippen LogP contribution in [0, 0.1) is 0 Å². The van der Waals surface area contributed by atoms with Gasteiger partial charge in [0.2, 0.25) is 0 Å². The number of rotatable bonds is 5. The van der Waals surface area contributed by atoms with Gasteiger partial charge < -0.3 is 14.5 Å². The van der Waals surface area contributed by atoms with Crippen molar-refractivity contribution in [2.75, 3.05) is 12.3 Å². The predicted octanol–water partition coefficient (Wildman–Crippen LogP) is 1.06. The monoisotopic (exact) mass is 383 g/mol. The van der Waals surface area contributed by atoms with E-state index in [2.05, 4.69) is 4.40 Å². The summed E-state index contributed by atoms with van der Waals surface area (Å²) in [4.78, 5) is 28.2. The third-order valence-corrected chi connectivity index (χ3v) is 5.22. The van der Waals surface area contributed by atoms with Crippen molar-refractivity contribution in [2.24, 2.45) is 4.40 Å². The number of hydrogen-bond donors (Lipinski definition) is 0. The van der Waals surface area contributed by atoms with Gasteiger partial charge in [-0.15, -0.1) is 4.40 Å². The minimum atomic E-state index is -3.45. The number of amidine groups is 1. The smallest absolute Gasteiger partial charge is 0.340 e. The summed E-state index contributed by atoms with van der Waals surface area (Å²) in [6.07, 6.45) is 3.47. The molecule has 26 heavy (non-hydrogen) atoms. The van der Waals surface area contributed by atoms with Crippen LogP contribution in [0.15, 0.2) is 28.3 Å². The highest BCUT2D eigenvalue weighted by Crippen LogP contribution is 2.18. The van der Waals surface area contributed by atoms with Crippen LogP contribution in [0.2, 0.25) is 0 Å². The van der Waals surface area contributed by atoms with Crippen molar-refractivity contribution in [1.29, 1.82) is 0 Å². The molecule has 1 atom stereocenters. The number of hydrogen-bond acceptors (Lipinski definition) is 6. The highest BCUT2D eigenvalue weighted by Gasteiger charge is 2.30. The number of sulfonamides is 1. The van der Waals surface area contributed by atoms with Crippen LogP contribution in [0.3, 0.4) is 0 Å². The van der Waals surface area contributed by atoms with Crippen molar-refractivity contribution in [1.82, 2.24) is 9.80 Å². The lowest BCUT2D eigenvalue weighted by Crippen LogP contribution is -2.47. The van der Waals surface area contributed by atoms with Gasteiger partial charge in [0.25, 0.3) is 15.9 Å². The topological polar surface area (TPSA) is 96.3 Å². The van der Waals surface area contributed by atoms with Gasteiger partial charge in [0.1, 0.15) is 5.84 Å². The minimum Gasteiger partial charge on any atom is -0.449 e. The summed E-state index contributed by atoms with van der Waals surface area (Å²) in [6, 6.07) is -0.0157.